The lowest BCUT2D eigenvalue weighted by atomic mass is 10.3. The van der Waals surface area contributed by atoms with Crippen LogP contribution in [0.4, 0.5) is 0 Å². The number of halogens is 1. The third kappa shape index (κ3) is 3.01. The van der Waals surface area contributed by atoms with E-state index < -0.39 is 5.97 Å². The Morgan fingerprint density at radius 2 is 1.88 bits per heavy atom. The van der Waals surface area contributed by atoms with Gasteiger partial charge in [0.1, 0.15) is 10.6 Å². The van der Waals surface area contributed by atoms with Crippen LogP contribution in [0.1, 0.15) is 19.3 Å². The Hall–Kier alpha value is -1.46. The van der Waals surface area contributed by atoms with E-state index in [2.05, 4.69) is 15.9 Å². The maximum Gasteiger partial charge on any atom is 0.353 e. The van der Waals surface area contributed by atoms with Crippen molar-refractivity contribution in [3.8, 4) is 5.75 Å². The average molecular weight is 311 g/mol. The van der Waals surface area contributed by atoms with Crippen LogP contribution >= 0.6 is 27.3 Å². The monoisotopic (exact) mass is 310 g/mol. The topological polar surface area (TPSA) is 43.4 Å². The second-order valence-corrected chi connectivity index (χ2v) is 5.19. The Bertz CT molecular complexity index is 545. The van der Waals surface area contributed by atoms with Crippen molar-refractivity contribution in [2.75, 3.05) is 0 Å². The molecule has 0 aliphatic heterocycles. The highest BCUT2D eigenvalue weighted by molar-refractivity contribution is 9.10. The number of esters is 1. The first-order valence-corrected chi connectivity index (χ1v) is 6.33. The number of ether oxygens (including phenoxy) is 1. The summed E-state index contributed by atoms with van der Waals surface area (Å²) in [5, 5.41) is 0. The number of carbonyl (C=O) groups is 2. The van der Waals surface area contributed by atoms with Crippen molar-refractivity contribution in [2.45, 2.75) is 0 Å². The standard InChI is InChI=1S/C12H7BrO3S/c13-8-1-3-9(4-2-8)16-12(15)11-6-5-10(7-14)17-11/h1-7H. The molecule has 0 saturated heterocycles. The van der Waals surface area contributed by atoms with Crippen LogP contribution < -0.4 is 4.74 Å². The summed E-state index contributed by atoms with van der Waals surface area (Å²) in [6.45, 7) is 0. The molecule has 0 radical (unpaired) electrons. The fourth-order valence-electron chi connectivity index (χ4n) is 1.19. The van der Waals surface area contributed by atoms with Crippen molar-refractivity contribution in [2.24, 2.45) is 0 Å². The quantitative estimate of drug-likeness (QED) is 0.495. The predicted octanol–water partition coefficient (Wildman–Crippen LogP) is 3.54. The number of carbonyl (C=O) groups excluding carboxylic acids is 2. The summed E-state index contributed by atoms with van der Waals surface area (Å²) < 4.78 is 6.06. The van der Waals surface area contributed by atoms with Gasteiger partial charge in [-0.3, -0.25) is 4.79 Å². The minimum atomic E-state index is -0.453. The predicted molar refractivity (Wildman–Crippen MR) is 68.8 cm³/mol. The van der Waals surface area contributed by atoms with Crippen LogP contribution in [0.3, 0.4) is 0 Å². The zero-order valence-corrected chi connectivity index (χ0v) is 11.0. The number of aldehydes is 1. The van der Waals surface area contributed by atoms with E-state index in [0.29, 0.717) is 21.8 Å². The third-order valence-corrected chi connectivity index (χ3v) is 3.49. The van der Waals surface area contributed by atoms with Crippen LogP contribution in [0.2, 0.25) is 0 Å². The third-order valence-electron chi connectivity index (χ3n) is 1.97. The van der Waals surface area contributed by atoms with Crippen molar-refractivity contribution >= 4 is 39.5 Å². The van der Waals surface area contributed by atoms with Gasteiger partial charge in [-0.1, -0.05) is 15.9 Å². The molecule has 1 aromatic heterocycles. The zero-order valence-electron chi connectivity index (χ0n) is 8.55. The Morgan fingerprint density at radius 3 is 2.47 bits per heavy atom. The molecule has 1 aromatic carbocycles. The molecule has 2 aromatic rings. The van der Waals surface area contributed by atoms with Crippen LogP contribution in [0.15, 0.2) is 40.9 Å². The molecule has 0 amide bonds. The van der Waals surface area contributed by atoms with E-state index in [1.54, 1.807) is 36.4 Å². The van der Waals surface area contributed by atoms with Crippen LogP contribution in [0.5, 0.6) is 5.75 Å². The van der Waals surface area contributed by atoms with Gasteiger partial charge in [0.2, 0.25) is 0 Å². The minimum absolute atomic E-state index is 0.412. The summed E-state index contributed by atoms with van der Waals surface area (Å²) in [5.41, 5.74) is 0. The molecule has 0 spiro atoms. The van der Waals surface area contributed by atoms with E-state index in [1.165, 1.54) is 0 Å². The molecule has 5 heteroatoms. The highest BCUT2D eigenvalue weighted by Crippen LogP contribution is 2.20. The molecule has 1 heterocycles. The summed E-state index contributed by atoms with van der Waals surface area (Å²) in [5.74, 6) is 0.0182. The van der Waals surface area contributed by atoms with Crippen LogP contribution in [0, 0.1) is 0 Å². The number of rotatable bonds is 3. The molecule has 2 rings (SSSR count). The molecule has 0 fully saturated rings. The highest BCUT2D eigenvalue weighted by atomic mass is 79.9. The Labute approximate surface area is 110 Å². The molecule has 17 heavy (non-hydrogen) atoms. The fourth-order valence-corrected chi connectivity index (χ4v) is 2.15. The summed E-state index contributed by atoms with van der Waals surface area (Å²) in [7, 11) is 0. The van der Waals surface area contributed by atoms with Crippen LogP contribution in [0.25, 0.3) is 0 Å². The molecule has 86 valence electrons. The molecule has 0 atom stereocenters. The van der Waals surface area contributed by atoms with E-state index >= 15 is 0 Å². The first-order chi connectivity index (χ1) is 8.19. The number of hydrogen-bond acceptors (Lipinski definition) is 4. The SMILES string of the molecule is O=Cc1ccc(C(=O)Oc2ccc(Br)cc2)s1. The molecule has 0 unspecified atom stereocenters. The molecule has 0 bridgehead atoms. The van der Waals surface area contributed by atoms with Gasteiger partial charge in [0.15, 0.2) is 6.29 Å². The molecule has 0 N–H and O–H groups in total. The zero-order chi connectivity index (χ0) is 12.3. The lowest BCUT2D eigenvalue weighted by molar-refractivity contribution is 0.0739. The first kappa shape index (κ1) is 12.0. The summed E-state index contributed by atoms with van der Waals surface area (Å²) in [4.78, 5) is 23.1. The maximum absolute atomic E-state index is 11.7. The van der Waals surface area contributed by atoms with Gasteiger partial charge in [0.25, 0.3) is 0 Å². The van der Waals surface area contributed by atoms with E-state index in [4.69, 9.17) is 4.74 Å². The molecule has 0 aliphatic rings. The Morgan fingerprint density at radius 1 is 1.18 bits per heavy atom. The molecular weight excluding hydrogens is 304 g/mol. The maximum atomic E-state index is 11.7. The van der Waals surface area contributed by atoms with Crippen LogP contribution in [-0.4, -0.2) is 12.3 Å². The molecular formula is C12H7BrO3S. The molecule has 3 nitrogen and oxygen atoms in total. The summed E-state index contributed by atoms with van der Waals surface area (Å²) in [6.07, 6.45) is 0.709. The van der Waals surface area contributed by atoms with E-state index in [1.807, 2.05) is 0 Å². The number of hydrogen-bond donors (Lipinski definition) is 0. The van der Waals surface area contributed by atoms with Crippen molar-refractivity contribution in [1.82, 2.24) is 0 Å². The van der Waals surface area contributed by atoms with Gasteiger partial charge in [0, 0.05) is 4.47 Å². The second-order valence-electron chi connectivity index (χ2n) is 3.16. The van der Waals surface area contributed by atoms with Crippen molar-refractivity contribution in [3.63, 3.8) is 0 Å². The van der Waals surface area contributed by atoms with Gasteiger partial charge in [0.05, 0.1) is 4.88 Å². The molecule has 0 aliphatic carbocycles. The van der Waals surface area contributed by atoms with Crippen molar-refractivity contribution in [1.29, 1.82) is 0 Å². The lowest BCUT2D eigenvalue weighted by Crippen LogP contribution is -2.05. The number of benzene rings is 1. The first-order valence-electron chi connectivity index (χ1n) is 4.72. The van der Waals surface area contributed by atoms with Crippen molar-refractivity contribution in [3.05, 3.63) is 50.6 Å². The van der Waals surface area contributed by atoms with Crippen molar-refractivity contribution < 1.29 is 14.3 Å². The normalized spacial score (nSPS) is 9.94. The van der Waals surface area contributed by atoms with E-state index in [0.717, 1.165) is 15.8 Å². The smallest absolute Gasteiger partial charge is 0.353 e. The minimum Gasteiger partial charge on any atom is -0.422 e. The van der Waals surface area contributed by atoms with Gasteiger partial charge in [-0.05, 0) is 36.4 Å². The largest absolute Gasteiger partial charge is 0.422 e. The van der Waals surface area contributed by atoms with E-state index in [-0.39, 0.29) is 0 Å². The average Bonchev–Trinajstić information content (AvgIpc) is 2.81. The van der Waals surface area contributed by atoms with Gasteiger partial charge >= 0.3 is 5.97 Å². The Balaban J connectivity index is 2.11. The Kier molecular flexibility index (Phi) is 3.71. The van der Waals surface area contributed by atoms with Gasteiger partial charge < -0.3 is 4.74 Å². The number of thiophene rings is 1. The van der Waals surface area contributed by atoms with Crippen LogP contribution in [-0.2, 0) is 0 Å². The summed E-state index contributed by atoms with van der Waals surface area (Å²) in [6, 6.07) is 10.1. The van der Waals surface area contributed by atoms with E-state index in [9.17, 15) is 9.59 Å². The lowest BCUT2D eigenvalue weighted by Gasteiger charge is -2.01. The summed E-state index contributed by atoms with van der Waals surface area (Å²) >= 11 is 4.40. The van der Waals surface area contributed by atoms with Gasteiger partial charge in [-0.25, -0.2) is 4.79 Å². The van der Waals surface area contributed by atoms with Gasteiger partial charge in [-0.15, -0.1) is 11.3 Å². The molecule has 0 saturated carbocycles. The van der Waals surface area contributed by atoms with Gasteiger partial charge in [-0.2, -0.15) is 0 Å². The highest BCUT2D eigenvalue weighted by Gasteiger charge is 2.11. The second kappa shape index (κ2) is 5.25. The fraction of sp³-hybridized carbons (Fsp3) is 0.